The van der Waals surface area contributed by atoms with Crippen molar-refractivity contribution in [2.24, 2.45) is 0 Å². The molecule has 0 spiro atoms. The van der Waals surface area contributed by atoms with E-state index in [1.54, 1.807) is 0 Å². The molecule has 0 aromatic heterocycles. The molecule has 1 rings (SSSR count). The lowest BCUT2D eigenvalue weighted by Gasteiger charge is -1.86. The quantitative estimate of drug-likeness (QED) is 0.222. The van der Waals surface area contributed by atoms with Gasteiger partial charge in [-0.1, -0.05) is 65.0 Å². The van der Waals surface area contributed by atoms with Crippen LogP contribution in [0.15, 0.2) is 25.3 Å². The van der Waals surface area contributed by atoms with Gasteiger partial charge < -0.3 is 10.5 Å². The largest absolute Gasteiger partial charge is 0.481 e. The van der Waals surface area contributed by atoms with Crippen molar-refractivity contribution in [3.63, 3.8) is 0 Å². The topological polar surface area (TPSA) is 61.1 Å². The Labute approximate surface area is 163 Å². The van der Waals surface area contributed by atoms with Crippen LogP contribution in [0, 0.1) is 17.3 Å². The molecular formula is C23H43NO2. The maximum Gasteiger partial charge on any atom is 0.300 e. The molecule has 1 aliphatic rings. The van der Waals surface area contributed by atoms with Crippen LogP contribution in [-0.2, 0) is 4.79 Å². The predicted octanol–water partition coefficient (Wildman–Crippen LogP) is 7.43. The first-order valence-electron chi connectivity index (χ1n) is 9.85. The van der Waals surface area contributed by atoms with Gasteiger partial charge in [-0.25, -0.2) is 0 Å². The number of hydrogen-bond donors (Lipinski definition) is 2. The van der Waals surface area contributed by atoms with Gasteiger partial charge in [-0.15, -0.1) is 25.0 Å². The van der Waals surface area contributed by atoms with Crippen LogP contribution < -0.4 is 0 Å². The summed E-state index contributed by atoms with van der Waals surface area (Å²) >= 11 is 0. The van der Waals surface area contributed by atoms with Gasteiger partial charge in [0.25, 0.3) is 5.97 Å². The van der Waals surface area contributed by atoms with Gasteiger partial charge in [0.1, 0.15) is 0 Å². The Kier molecular flexibility index (Phi) is 47.4. The van der Waals surface area contributed by atoms with E-state index in [9.17, 15) is 0 Å². The van der Waals surface area contributed by atoms with E-state index in [4.69, 9.17) is 15.3 Å². The van der Waals surface area contributed by atoms with Gasteiger partial charge in [-0.2, -0.15) is 0 Å². The number of unbranched alkanes of at least 4 members (excludes halogenated alkanes) is 3. The zero-order valence-electron chi connectivity index (χ0n) is 17.8. The highest BCUT2D eigenvalue weighted by atomic mass is 16.4. The third-order valence-corrected chi connectivity index (χ3v) is 2.84. The van der Waals surface area contributed by atoms with Gasteiger partial charge in [-0.3, -0.25) is 4.79 Å². The molecule has 0 bridgehead atoms. The fourth-order valence-electron chi connectivity index (χ4n) is 1.61. The lowest BCUT2D eigenvalue weighted by molar-refractivity contribution is -0.134. The summed E-state index contributed by atoms with van der Waals surface area (Å²) in [6.07, 6.45) is 19.2. The molecule has 3 nitrogen and oxygen atoms in total. The highest BCUT2D eigenvalue weighted by Gasteiger charge is 1.88. The molecule has 0 saturated carbocycles. The average Bonchev–Trinajstić information content (AvgIpc) is 2.96. The Balaban J connectivity index is -0.000000122. The van der Waals surface area contributed by atoms with Gasteiger partial charge >= 0.3 is 0 Å². The Morgan fingerprint density at radius 1 is 1.00 bits per heavy atom. The molecule has 0 radical (unpaired) electrons. The van der Waals surface area contributed by atoms with Crippen LogP contribution in [0.2, 0.25) is 0 Å². The summed E-state index contributed by atoms with van der Waals surface area (Å²) < 4.78 is 0. The second kappa shape index (κ2) is 38.6. The molecule has 0 aromatic carbocycles. The molecule has 3 heteroatoms. The second-order valence-electron chi connectivity index (χ2n) is 5.46. The summed E-state index contributed by atoms with van der Waals surface area (Å²) in [4.78, 5) is 9.00. The number of carbonyl (C=O) groups is 1. The van der Waals surface area contributed by atoms with Crippen molar-refractivity contribution in [1.82, 2.24) is 0 Å². The van der Waals surface area contributed by atoms with Crippen molar-refractivity contribution in [3.05, 3.63) is 25.3 Å². The van der Waals surface area contributed by atoms with Crippen molar-refractivity contribution in [2.45, 2.75) is 98.3 Å². The van der Waals surface area contributed by atoms with E-state index in [2.05, 4.69) is 51.8 Å². The van der Waals surface area contributed by atoms with E-state index in [1.165, 1.54) is 51.2 Å². The molecule has 0 heterocycles. The monoisotopic (exact) mass is 365 g/mol. The van der Waals surface area contributed by atoms with Gasteiger partial charge in [0.2, 0.25) is 0 Å². The van der Waals surface area contributed by atoms with Gasteiger partial charge in [0.15, 0.2) is 0 Å². The number of aliphatic carboxylic acids is 1. The third kappa shape index (κ3) is 67.1. The molecule has 0 fully saturated rings. The summed E-state index contributed by atoms with van der Waals surface area (Å²) in [6.45, 7) is 13.6. The van der Waals surface area contributed by atoms with Crippen LogP contribution in [-0.4, -0.2) is 17.3 Å². The smallest absolute Gasteiger partial charge is 0.300 e. The molecule has 0 amide bonds. The Hall–Kier alpha value is -1.82. The van der Waals surface area contributed by atoms with Gasteiger partial charge in [0.05, 0.1) is 0 Å². The zero-order chi connectivity index (χ0) is 20.9. The summed E-state index contributed by atoms with van der Waals surface area (Å²) in [5.41, 5.74) is 0. The molecule has 1 aliphatic carbocycles. The van der Waals surface area contributed by atoms with Crippen molar-refractivity contribution in [2.75, 3.05) is 0 Å². The van der Waals surface area contributed by atoms with Crippen molar-refractivity contribution in [1.29, 1.82) is 5.41 Å². The number of allylic oxidation sites excluding steroid dienone is 2. The molecule has 152 valence electrons. The van der Waals surface area contributed by atoms with E-state index < -0.39 is 5.97 Å². The molecular weight excluding hydrogens is 322 g/mol. The predicted molar refractivity (Wildman–Crippen MR) is 118 cm³/mol. The summed E-state index contributed by atoms with van der Waals surface area (Å²) in [6, 6.07) is 0. The van der Waals surface area contributed by atoms with Crippen molar-refractivity contribution < 1.29 is 9.90 Å². The van der Waals surface area contributed by atoms with Crippen LogP contribution in [0.25, 0.3) is 0 Å². The van der Waals surface area contributed by atoms with Crippen molar-refractivity contribution >= 4 is 12.2 Å². The SMILES string of the molecule is C1#CCCCCC1.C=C.CC(=O)O.CC/C=C\CC=N.CCCCCC. The number of nitrogens with one attached hydrogen (secondary N) is 1. The van der Waals surface area contributed by atoms with Gasteiger partial charge in [-0.05, 0) is 31.9 Å². The first-order chi connectivity index (χ1) is 12.6. The fourth-order valence-corrected chi connectivity index (χ4v) is 1.61. The minimum atomic E-state index is -0.833. The van der Waals surface area contributed by atoms with Crippen LogP contribution in [0.1, 0.15) is 98.3 Å². The zero-order valence-corrected chi connectivity index (χ0v) is 17.8. The first-order valence-corrected chi connectivity index (χ1v) is 9.85. The Morgan fingerprint density at radius 3 is 1.73 bits per heavy atom. The van der Waals surface area contributed by atoms with Gasteiger partial charge in [0, 0.05) is 19.8 Å². The first kappa shape index (κ1) is 31.9. The number of carboxylic acids is 1. The van der Waals surface area contributed by atoms with E-state index in [-0.39, 0.29) is 0 Å². The number of carboxylic acid groups (broad SMARTS) is 1. The highest BCUT2D eigenvalue weighted by molar-refractivity contribution is 5.62. The second-order valence-corrected chi connectivity index (χ2v) is 5.46. The summed E-state index contributed by atoms with van der Waals surface area (Å²) in [7, 11) is 0. The molecule has 0 atom stereocenters. The average molecular weight is 366 g/mol. The molecule has 0 saturated heterocycles. The van der Waals surface area contributed by atoms with Crippen LogP contribution in [0.4, 0.5) is 0 Å². The van der Waals surface area contributed by atoms with E-state index in [0.717, 1.165) is 32.6 Å². The summed E-state index contributed by atoms with van der Waals surface area (Å²) in [5.74, 6) is 5.36. The molecule has 2 N–H and O–H groups in total. The maximum atomic E-state index is 9.00. The fraction of sp³-hybridized carbons (Fsp3) is 0.652. The number of hydrogen-bond acceptors (Lipinski definition) is 2. The van der Waals surface area contributed by atoms with Crippen LogP contribution >= 0.6 is 0 Å². The maximum absolute atomic E-state index is 9.00. The normalized spacial score (nSPS) is 11.1. The van der Waals surface area contributed by atoms with E-state index in [0.29, 0.717) is 0 Å². The molecule has 0 aliphatic heterocycles. The van der Waals surface area contributed by atoms with Crippen LogP contribution in [0.5, 0.6) is 0 Å². The minimum Gasteiger partial charge on any atom is -0.481 e. The highest BCUT2D eigenvalue weighted by Crippen LogP contribution is 2.04. The molecule has 0 aromatic rings. The van der Waals surface area contributed by atoms with Crippen LogP contribution in [0.3, 0.4) is 0 Å². The minimum absolute atomic E-state index is 0.786. The van der Waals surface area contributed by atoms with E-state index >= 15 is 0 Å². The summed E-state index contributed by atoms with van der Waals surface area (Å²) in [5, 5.41) is 14.0. The lowest BCUT2D eigenvalue weighted by Crippen LogP contribution is -1.78. The third-order valence-electron chi connectivity index (χ3n) is 2.84. The van der Waals surface area contributed by atoms with Crippen molar-refractivity contribution in [3.8, 4) is 11.8 Å². The Bertz CT molecular complexity index is 333. The number of rotatable bonds is 6. The van der Waals surface area contributed by atoms with E-state index in [1.807, 2.05) is 6.08 Å². The lowest BCUT2D eigenvalue weighted by atomic mass is 10.2. The standard InChI is InChI=1S/C7H10.C6H11N.C6H14.C2H4O2.C2H4/c1-2-4-6-7-5-3-1;1-2-3-4-5-6-7;1-3-5-6-4-2;1-2(3)4;1-2/h1-5H2;3-4,6-7H,2,5H2,1H3;3-6H2,1-2H3;1H3,(H,3,4);1-2H2/b;4-3-,7-6?;;;. The molecule has 26 heavy (non-hydrogen) atoms. The molecule has 0 unspecified atom stereocenters. The Morgan fingerprint density at radius 2 is 1.42 bits per heavy atom.